The predicted molar refractivity (Wildman–Crippen MR) is 115 cm³/mol. The van der Waals surface area contributed by atoms with E-state index in [1.807, 2.05) is 28.8 Å². The number of allylic oxidation sites excluding steroid dienone is 1. The highest BCUT2D eigenvalue weighted by Crippen LogP contribution is 2.24. The van der Waals surface area contributed by atoms with Gasteiger partial charge in [-0.3, -0.25) is 4.90 Å². The van der Waals surface area contributed by atoms with E-state index in [2.05, 4.69) is 38.8 Å². The minimum absolute atomic E-state index is 0.191. The lowest BCUT2D eigenvalue weighted by atomic mass is 10.2. The Labute approximate surface area is 170 Å². The summed E-state index contributed by atoms with van der Waals surface area (Å²) in [7, 11) is 0. The maximum atomic E-state index is 9.16. The van der Waals surface area contributed by atoms with Gasteiger partial charge in [0.15, 0.2) is 17.0 Å². The number of hydrogen-bond acceptors (Lipinski definition) is 7. The number of nitrogens with zero attached hydrogens (tertiary/aromatic N) is 6. The van der Waals surface area contributed by atoms with Gasteiger partial charge in [0.25, 0.3) is 0 Å². The average Bonchev–Trinajstić information content (AvgIpc) is 3.17. The van der Waals surface area contributed by atoms with Gasteiger partial charge in [0, 0.05) is 45.8 Å². The van der Waals surface area contributed by atoms with Crippen LogP contribution in [0.4, 0.5) is 11.8 Å². The lowest BCUT2D eigenvalue weighted by Gasteiger charge is -2.34. The molecule has 152 valence electrons. The van der Waals surface area contributed by atoms with Crippen molar-refractivity contribution in [3.63, 3.8) is 0 Å². The molecule has 4 rings (SSSR count). The summed E-state index contributed by atoms with van der Waals surface area (Å²) < 4.78 is 1.99. The van der Waals surface area contributed by atoms with Crippen LogP contribution in [0.3, 0.4) is 0 Å². The van der Waals surface area contributed by atoms with Crippen LogP contribution in [-0.4, -0.2) is 68.9 Å². The summed E-state index contributed by atoms with van der Waals surface area (Å²) in [5.41, 5.74) is 2.76. The fourth-order valence-corrected chi connectivity index (χ4v) is 3.56. The van der Waals surface area contributed by atoms with Gasteiger partial charge in [0.2, 0.25) is 5.95 Å². The van der Waals surface area contributed by atoms with Crippen LogP contribution in [0.15, 0.2) is 49.3 Å². The first-order valence-corrected chi connectivity index (χ1v) is 9.98. The highest BCUT2D eigenvalue weighted by atomic mass is 16.3. The summed E-state index contributed by atoms with van der Waals surface area (Å²) in [4.78, 5) is 18.6. The Morgan fingerprint density at radius 2 is 1.90 bits per heavy atom. The van der Waals surface area contributed by atoms with Crippen molar-refractivity contribution in [1.82, 2.24) is 24.4 Å². The smallest absolute Gasteiger partial charge is 0.229 e. The van der Waals surface area contributed by atoms with E-state index in [9.17, 15) is 0 Å². The lowest BCUT2D eigenvalue weighted by Crippen LogP contribution is -2.47. The second-order valence-electron chi connectivity index (χ2n) is 7.12. The molecular weight excluding hydrogens is 366 g/mol. The molecule has 0 amide bonds. The first-order valence-electron chi connectivity index (χ1n) is 9.98. The van der Waals surface area contributed by atoms with Crippen molar-refractivity contribution >= 4 is 22.9 Å². The van der Waals surface area contributed by atoms with Crippen LogP contribution in [0.2, 0.25) is 0 Å². The summed E-state index contributed by atoms with van der Waals surface area (Å²) in [5.74, 6) is 1.46. The van der Waals surface area contributed by atoms with Crippen LogP contribution in [-0.2, 0) is 13.1 Å². The van der Waals surface area contributed by atoms with E-state index in [0.29, 0.717) is 25.6 Å². The van der Waals surface area contributed by atoms with Crippen LogP contribution >= 0.6 is 0 Å². The average molecular weight is 393 g/mol. The minimum Gasteiger partial charge on any atom is -0.395 e. The van der Waals surface area contributed by atoms with Gasteiger partial charge in [0.1, 0.15) is 0 Å². The second-order valence-corrected chi connectivity index (χ2v) is 7.12. The van der Waals surface area contributed by atoms with Crippen LogP contribution in [0.1, 0.15) is 5.56 Å². The Bertz CT molecular complexity index is 948. The van der Waals surface area contributed by atoms with Crippen molar-refractivity contribution < 1.29 is 5.11 Å². The molecule has 29 heavy (non-hydrogen) atoms. The highest BCUT2D eigenvalue weighted by Gasteiger charge is 2.21. The standard InChI is InChI=1S/C21H27N7O/c1-2-8-28-16-23-18-19(22-15-17-6-4-3-5-7-17)24-21(25-20(18)28)27-11-9-26(10-12-27)13-14-29/h2-7,16,29H,1,8-15H2,(H,22,24,25). The molecule has 2 N–H and O–H groups in total. The Morgan fingerprint density at radius 1 is 1.10 bits per heavy atom. The van der Waals surface area contributed by atoms with Crippen LogP contribution in [0.25, 0.3) is 11.2 Å². The number of aromatic nitrogens is 4. The first kappa shape index (κ1) is 19.4. The lowest BCUT2D eigenvalue weighted by molar-refractivity contribution is 0.188. The topological polar surface area (TPSA) is 82.3 Å². The monoisotopic (exact) mass is 393 g/mol. The molecule has 1 aromatic carbocycles. The molecule has 3 aromatic rings. The third-order valence-electron chi connectivity index (χ3n) is 5.15. The van der Waals surface area contributed by atoms with Gasteiger partial charge in [-0.15, -0.1) is 6.58 Å². The van der Waals surface area contributed by atoms with Gasteiger partial charge < -0.3 is 19.9 Å². The fraction of sp³-hybridized carbons (Fsp3) is 0.381. The Balaban J connectivity index is 1.62. The van der Waals surface area contributed by atoms with Gasteiger partial charge in [-0.2, -0.15) is 9.97 Å². The molecule has 2 aromatic heterocycles. The SMILES string of the molecule is C=CCn1cnc2c(NCc3ccccc3)nc(N3CCN(CCO)CC3)nc21. The van der Waals surface area contributed by atoms with Crippen molar-refractivity contribution in [2.75, 3.05) is 49.5 Å². The molecule has 1 saturated heterocycles. The normalized spacial score (nSPS) is 15.0. The number of benzene rings is 1. The number of aliphatic hydroxyl groups is 1. The third kappa shape index (κ3) is 4.38. The molecule has 1 aliphatic heterocycles. The molecule has 0 atom stereocenters. The number of aliphatic hydroxyl groups excluding tert-OH is 1. The van der Waals surface area contributed by atoms with Gasteiger partial charge in [-0.1, -0.05) is 36.4 Å². The zero-order valence-corrected chi connectivity index (χ0v) is 16.5. The number of nitrogens with one attached hydrogen (secondary N) is 1. The van der Waals surface area contributed by atoms with E-state index in [1.165, 1.54) is 5.56 Å². The highest BCUT2D eigenvalue weighted by molar-refractivity contribution is 5.84. The summed E-state index contributed by atoms with van der Waals surface area (Å²) >= 11 is 0. The zero-order valence-electron chi connectivity index (χ0n) is 16.5. The van der Waals surface area contributed by atoms with E-state index in [0.717, 1.165) is 43.2 Å². The molecular formula is C21H27N7O. The Morgan fingerprint density at radius 3 is 2.62 bits per heavy atom. The molecule has 0 unspecified atom stereocenters. The fourth-order valence-electron chi connectivity index (χ4n) is 3.56. The molecule has 3 heterocycles. The van der Waals surface area contributed by atoms with Crippen molar-refractivity contribution in [1.29, 1.82) is 0 Å². The molecule has 1 aliphatic rings. The van der Waals surface area contributed by atoms with E-state index < -0.39 is 0 Å². The van der Waals surface area contributed by atoms with Crippen molar-refractivity contribution in [3.05, 3.63) is 54.9 Å². The molecule has 1 fully saturated rings. The van der Waals surface area contributed by atoms with Gasteiger partial charge >= 0.3 is 0 Å². The Hall–Kier alpha value is -2.97. The molecule has 0 saturated carbocycles. The molecule has 8 heteroatoms. The van der Waals surface area contributed by atoms with Crippen molar-refractivity contribution in [3.8, 4) is 0 Å². The largest absolute Gasteiger partial charge is 0.395 e. The number of fused-ring (bicyclic) bond motifs is 1. The minimum atomic E-state index is 0.191. The summed E-state index contributed by atoms with van der Waals surface area (Å²) in [6.07, 6.45) is 3.63. The van der Waals surface area contributed by atoms with Crippen molar-refractivity contribution in [2.45, 2.75) is 13.1 Å². The molecule has 0 spiro atoms. The van der Waals surface area contributed by atoms with Crippen molar-refractivity contribution in [2.24, 2.45) is 0 Å². The first-order chi connectivity index (χ1) is 14.3. The number of imidazole rings is 1. The zero-order chi connectivity index (χ0) is 20.1. The Kier molecular flexibility index (Phi) is 6.02. The molecule has 0 aliphatic carbocycles. The van der Waals surface area contributed by atoms with Gasteiger partial charge in [-0.25, -0.2) is 4.98 Å². The molecule has 8 nitrogen and oxygen atoms in total. The summed E-state index contributed by atoms with van der Waals surface area (Å²) in [6, 6.07) is 10.2. The van der Waals surface area contributed by atoms with Gasteiger partial charge in [-0.05, 0) is 5.56 Å². The van der Waals surface area contributed by atoms with Gasteiger partial charge in [0.05, 0.1) is 12.9 Å². The second kappa shape index (κ2) is 9.02. The van der Waals surface area contributed by atoms with Crippen LogP contribution in [0.5, 0.6) is 0 Å². The summed E-state index contributed by atoms with van der Waals surface area (Å²) in [5, 5.41) is 12.6. The number of hydrogen-bond donors (Lipinski definition) is 2. The predicted octanol–water partition coefficient (Wildman–Crippen LogP) is 1.74. The quantitative estimate of drug-likeness (QED) is 0.564. The van der Waals surface area contributed by atoms with E-state index in [-0.39, 0.29) is 6.61 Å². The van der Waals surface area contributed by atoms with Crippen LogP contribution in [0, 0.1) is 0 Å². The maximum absolute atomic E-state index is 9.16. The van der Waals surface area contributed by atoms with E-state index in [1.54, 1.807) is 6.33 Å². The number of rotatable bonds is 8. The third-order valence-corrected chi connectivity index (χ3v) is 5.15. The van der Waals surface area contributed by atoms with Crippen LogP contribution < -0.4 is 10.2 Å². The molecule has 0 radical (unpaired) electrons. The van der Waals surface area contributed by atoms with E-state index >= 15 is 0 Å². The van der Waals surface area contributed by atoms with E-state index in [4.69, 9.17) is 15.1 Å². The number of piperazine rings is 1. The maximum Gasteiger partial charge on any atom is 0.229 e. The molecule has 0 bridgehead atoms. The number of β-amino-alcohol motifs (C(OH)–C–C–N with tert-alkyl or cyclic N) is 1. The summed E-state index contributed by atoms with van der Waals surface area (Å²) in [6.45, 7) is 9.50. The number of anilines is 2.